The number of carbonyl (C=O) groups is 2. The van der Waals surface area contributed by atoms with Gasteiger partial charge in [0.25, 0.3) is 0 Å². The molecule has 1 aliphatic rings. The van der Waals surface area contributed by atoms with E-state index in [0.717, 1.165) is 17.0 Å². The van der Waals surface area contributed by atoms with Crippen LogP contribution in [0.1, 0.15) is 31.0 Å². The van der Waals surface area contributed by atoms with E-state index < -0.39 is 35.7 Å². The molecule has 2 atom stereocenters. The highest BCUT2D eigenvalue weighted by Crippen LogP contribution is 2.38. The van der Waals surface area contributed by atoms with Gasteiger partial charge in [-0.2, -0.15) is 13.2 Å². The fraction of sp³-hybridized carbons (Fsp3) is 0.435. The Morgan fingerprint density at radius 3 is 2.62 bits per heavy atom. The molecule has 1 aromatic heterocycles. The predicted molar refractivity (Wildman–Crippen MR) is 124 cm³/mol. The third kappa shape index (κ3) is 5.28. The van der Waals surface area contributed by atoms with Gasteiger partial charge in [-0.05, 0) is 44.5 Å². The van der Waals surface area contributed by atoms with Crippen molar-refractivity contribution in [2.45, 2.75) is 45.0 Å². The Morgan fingerprint density at radius 1 is 1.32 bits per heavy atom. The van der Waals surface area contributed by atoms with Crippen LogP contribution in [0.15, 0.2) is 30.3 Å². The Bertz CT molecular complexity index is 1090. The van der Waals surface area contributed by atoms with Gasteiger partial charge in [0.2, 0.25) is 11.8 Å². The molecule has 0 saturated carbocycles. The Labute approximate surface area is 200 Å². The second-order valence-electron chi connectivity index (χ2n) is 8.41. The predicted octanol–water partition coefficient (Wildman–Crippen LogP) is 4.04. The Morgan fingerprint density at radius 2 is 2.00 bits per heavy atom. The third-order valence-corrected chi connectivity index (χ3v) is 5.89. The summed E-state index contributed by atoms with van der Waals surface area (Å²) >= 11 is 6.40. The number of aryl methyl sites for hydroxylation is 1. The molecule has 3 rings (SSSR count). The van der Waals surface area contributed by atoms with E-state index in [-0.39, 0.29) is 30.9 Å². The van der Waals surface area contributed by atoms with Crippen LogP contribution in [-0.4, -0.2) is 54.7 Å². The van der Waals surface area contributed by atoms with E-state index in [1.54, 1.807) is 37.1 Å². The van der Waals surface area contributed by atoms with Gasteiger partial charge in [0, 0.05) is 32.8 Å². The van der Waals surface area contributed by atoms with Crippen molar-refractivity contribution in [2.24, 2.45) is 0 Å². The van der Waals surface area contributed by atoms with E-state index in [2.05, 4.69) is 4.98 Å². The van der Waals surface area contributed by atoms with Gasteiger partial charge in [-0.25, -0.2) is 4.98 Å². The van der Waals surface area contributed by atoms with Gasteiger partial charge in [-0.15, -0.1) is 0 Å². The lowest BCUT2D eigenvalue weighted by molar-refractivity contribution is -0.137. The Balaban J connectivity index is 1.99. The lowest BCUT2D eigenvalue weighted by Gasteiger charge is -2.31. The van der Waals surface area contributed by atoms with Gasteiger partial charge in [-0.3, -0.25) is 14.5 Å². The Kier molecular flexibility index (Phi) is 7.42. The highest BCUT2D eigenvalue weighted by molar-refractivity contribution is 6.34. The number of aromatic nitrogens is 1. The number of carbonyl (C=O) groups excluding carboxylic acids is 2. The molecule has 2 amide bonds. The van der Waals surface area contributed by atoms with E-state index in [4.69, 9.17) is 11.6 Å². The highest BCUT2D eigenvalue weighted by atomic mass is 35.5. The molecule has 0 bridgehead atoms. The van der Waals surface area contributed by atoms with Crippen LogP contribution in [0.3, 0.4) is 0 Å². The van der Waals surface area contributed by atoms with Crippen molar-refractivity contribution in [2.75, 3.05) is 35.3 Å². The highest BCUT2D eigenvalue weighted by Gasteiger charge is 2.41. The third-order valence-electron chi connectivity index (χ3n) is 5.59. The van der Waals surface area contributed by atoms with Crippen LogP contribution in [0.4, 0.5) is 30.4 Å². The van der Waals surface area contributed by atoms with Crippen LogP contribution in [0.5, 0.6) is 0 Å². The first-order valence-corrected chi connectivity index (χ1v) is 11.0. The fourth-order valence-corrected chi connectivity index (χ4v) is 4.44. The van der Waals surface area contributed by atoms with Crippen LogP contribution in [0, 0.1) is 6.92 Å². The molecule has 1 fully saturated rings. The van der Waals surface area contributed by atoms with Gasteiger partial charge in [0.15, 0.2) is 0 Å². The number of hydrogen-bond donors (Lipinski definition) is 1. The zero-order valence-electron chi connectivity index (χ0n) is 19.2. The summed E-state index contributed by atoms with van der Waals surface area (Å²) < 4.78 is 40.0. The molecule has 184 valence electrons. The largest absolute Gasteiger partial charge is 0.416 e. The molecule has 11 heteroatoms. The molecule has 2 heterocycles. The molecular formula is C23H26ClF3N4O3. The maximum Gasteiger partial charge on any atom is 0.416 e. The number of halogens is 4. The number of anilines is 3. The molecule has 1 saturated heterocycles. The van der Waals surface area contributed by atoms with Gasteiger partial charge in [-0.1, -0.05) is 17.7 Å². The zero-order chi connectivity index (χ0) is 25.4. The molecule has 1 aliphatic heterocycles. The SMILES string of the molecule is Cc1cc(C(F)(F)F)cc(N2C(=O)CC[C@H]2C(=O)N(C)c2cccc(Cl)c2N(C)CC(C)O)n1. The molecule has 1 unspecified atom stereocenters. The summed E-state index contributed by atoms with van der Waals surface area (Å²) in [4.78, 5) is 34.4. The van der Waals surface area contributed by atoms with E-state index in [0.29, 0.717) is 16.4 Å². The van der Waals surface area contributed by atoms with Gasteiger partial charge < -0.3 is 14.9 Å². The van der Waals surface area contributed by atoms with Crippen molar-refractivity contribution in [3.05, 3.63) is 46.6 Å². The molecule has 0 aliphatic carbocycles. The number of aliphatic hydroxyl groups is 1. The summed E-state index contributed by atoms with van der Waals surface area (Å²) in [6.45, 7) is 3.27. The van der Waals surface area contributed by atoms with Crippen molar-refractivity contribution in [1.82, 2.24) is 4.98 Å². The number of aliphatic hydroxyl groups excluding tert-OH is 1. The van der Waals surface area contributed by atoms with Crippen LogP contribution >= 0.6 is 11.6 Å². The molecule has 0 spiro atoms. The van der Waals surface area contributed by atoms with Crippen LogP contribution in [0.25, 0.3) is 0 Å². The normalized spacial score (nSPS) is 17.1. The van der Waals surface area contributed by atoms with Gasteiger partial charge in [0.05, 0.1) is 28.1 Å². The van der Waals surface area contributed by atoms with Gasteiger partial charge in [0.1, 0.15) is 11.9 Å². The van der Waals surface area contributed by atoms with E-state index in [1.165, 1.54) is 18.9 Å². The van der Waals surface area contributed by atoms with Crippen LogP contribution < -0.4 is 14.7 Å². The molecule has 2 aromatic rings. The number of pyridine rings is 1. The van der Waals surface area contributed by atoms with Crippen molar-refractivity contribution < 1.29 is 27.9 Å². The quantitative estimate of drug-likeness (QED) is 0.650. The van der Waals surface area contributed by atoms with Crippen molar-refractivity contribution >= 4 is 40.6 Å². The summed E-state index contributed by atoms with van der Waals surface area (Å²) in [5.41, 5.74) is 0.0880. The number of nitrogens with zero attached hydrogens (tertiary/aromatic N) is 4. The average molecular weight is 499 g/mol. The lowest BCUT2D eigenvalue weighted by Crippen LogP contribution is -2.46. The molecule has 1 aromatic carbocycles. The summed E-state index contributed by atoms with van der Waals surface area (Å²) in [7, 11) is 3.23. The number of benzene rings is 1. The minimum absolute atomic E-state index is 0.00551. The molecule has 1 N–H and O–H groups in total. The maximum atomic E-state index is 13.5. The zero-order valence-corrected chi connectivity index (χ0v) is 20.0. The van der Waals surface area contributed by atoms with E-state index in [9.17, 15) is 27.9 Å². The molecule has 7 nitrogen and oxygen atoms in total. The van der Waals surface area contributed by atoms with Crippen LogP contribution in [-0.2, 0) is 15.8 Å². The number of alkyl halides is 3. The monoisotopic (exact) mass is 498 g/mol. The molecule has 0 radical (unpaired) electrons. The van der Waals surface area contributed by atoms with Crippen molar-refractivity contribution in [1.29, 1.82) is 0 Å². The summed E-state index contributed by atoms with van der Waals surface area (Å²) in [5, 5.41) is 10.1. The standard InChI is InChI=1S/C23H26ClF3N4O3/c1-13-10-15(23(25,26)27)11-19(28-13)31-18(8-9-20(31)33)22(34)30(4)17-7-5-6-16(24)21(17)29(3)12-14(2)32/h5-7,10-11,14,18,32H,8-9,12H2,1-4H3/t14?,18-/m0/s1. The number of rotatable bonds is 6. The van der Waals surface area contributed by atoms with Crippen LogP contribution in [0.2, 0.25) is 5.02 Å². The first-order valence-electron chi connectivity index (χ1n) is 10.6. The average Bonchev–Trinajstić information content (AvgIpc) is 3.12. The maximum absolute atomic E-state index is 13.5. The first-order chi connectivity index (χ1) is 15.8. The van der Waals surface area contributed by atoms with Crippen molar-refractivity contribution in [3.63, 3.8) is 0 Å². The second kappa shape index (κ2) is 9.79. The van der Waals surface area contributed by atoms with Gasteiger partial charge >= 0.3 is 6.18 Å². The fourth-order valence-electron chi connectivity index (χ4n) is 4.13. The topological polar surface area (TPSA) is 77.0 Å². The number of hydrogen-bond acceptors (Lipinski definition) is 5. The minimum Gasteiger partial charge on any atom is -0.392 e. The minimum atomic E-state index is -4.62. The Hall–Kier alpha value is -2.85. The van der Waals surface area contributed by atoms with E-state index >= 15 is 0 Å². The lowest BCUT2D eigenvalue weighted by atomic mass is 10.1. The number of para-hydroxylation sites is 1. The smallest absolute Gasteiger partial charge is 0.392 e. The van der Waals surface area contributed by atoms with E-state index in [1.807, 2.05) is 0 Å². The summed E-state index contributed by atoms with van der Waals surface area (Å²) in [6.07, 6.45) is -5.14. The summed E-state index contributed by atoms with van der Waals surface area (Å²) in [6, 6.07) is 5.64. The molecule has 34 heavy (non-hydrogen) atoms. The summed E-state index contributed by atoms with van der Waals surface area (Å²) in [5.74, 6) is -1.17. The molecular weight excluding hydrogens is 473 g/mol. The second-order valence-corrected chi connectivity index (χ2v) is 8.81. The van der Waals surface area contributed by atoms with Crippen molar-refractivity contribution in [3.8, 4) is 0 Å². The number of amides is 2. The number of likely N-dealkylation sites (N-methyl/N-ethyl adjacent to an activating group) is 2. The first kappa shape index (κ1) is 25.8.